The van der Waals surface area contributed by atoms with Crippen molar-refractivity contribution in [3.63, 3.8) is 0 Å². The minimum atomic E-state index is 0.0662. The molecule has 1 aromatic rings. The van der Waals surface area contributed by atoms with Crippen molar-refractivity contribution in [2.45, 2.75) is 13.0 Å². The first-order valence-electron chi connectivity index (χ1n) is 5.25. The van der Waals surface area contributed by atoms with E-state index in [1.807, 2.05) is 6.07 Å². The summed E-state index contributed by atoms with van der Waals surface area (Å²) in [6.07, 6.45) is 0.881. The van der Waals surface area contributed by atoms with Gasteiger partial charge in [-0.3, -0.25) is 0 Å². The molecule has 1 heterocycles. The summed E-state index contributed by atoms with van der Waals surface area (Å²) < 4.78 is 10.3. The number of ether oxygens (including phenoxy) is 1. The summed E-state index contributed by atoms with van der Waals surface area (Å²) in [4.78, 5) is 0. The Kier molecular flexibility index (Phi) is 6.26. The third-order valence-corrected chi connectivity index (χ3v) is 1.95. The van der Waals surface area contributed by atoms with Crippen LogP contribution in [0.4, 0.5) is 0 Å². The van der Waals surface area contributed by atoms with Crippen molar-refractivity contribution in [1.82, 2.24) is 5.32 Å². The summed E-state index contributed by atoms with van der Waals surface area (Å²) in [5, 5.41) is 20.2. The van der Waals surface area contributed by atoms with E-state index in [-0.39, 0.29) is 6.61 Å². The highest BCUT2D eigenvalue weighted by atomic mass is 16.5. The molecular formula is C11H16N2O3. The van der Waals surface area contributed by atoms with Crippen LogP contribution in [-0.4, -0.2) is 31.5 Å². The lowest BCUT2D eigenvalue weighted by Crippen LogP contribution is -2.16. The number of aliphatic hydroxyl groups excluding tert-OH is 1. The molecule has 0 amide bonds. The molecule has 0 aromatic carbocycles. The quantitative estimate of drug-likeness (QED) is 0.633. The molecule has 0 fully saturated rings. The Hall–Kier alpha value is -1.35. The van der Waals surface area contributed by atoms with Crippen molar-refractivity contribution in [2.75, 3.05) is 26.4 Å². The summed E-state index contributed by atoms with van der Waals surface area (Å²) in [7, 11) is 0. The number of nitrogens with one attached hydrogen (secondary N) is 1. The second-order valence-corrected chi connectivity index (χ2v) is 3.24. The molecule has 16 heavy (non-hydrogen) atoms. The highest BCUT2D eigenvalue weighted by Gasteiger charge is 1.99. The number of aliphatic hydroxyl groups is 1. The standard InChI is InChI=1S/C11H16N2O3/c12-8-10-2-3-11(16-10)9-13-4-1-6-15-7-5-14/h2-3,13-14H,1,4-7,9H2. The average molecular weight is 224 g/mol. The number of rotatable bonds is 8. The Labute approximate surface area is 94.6 Å². The van der Waals surface area contributed by atoms with Crippen molar-refractivity contribution in [1.29, 1.82) is 5.26 Å². The minimum absolute atomic E-state index is 0.0662. The highest BCUT2D eigenvalue weighted by molar-refractivity contribution is 5.18. The van der Waals surface area contributed by atoms with Gasteiger partial charge < -0.3 is 19.6 Å². The van der Waals surface area contributed by atoms with Gasteiger partial charge in [0.25, 0.3) is 0 Å². The normalized spacial score (nSPS) is 10.2. The maximum atomic E-state index is 8.54. The predicted molar refractivity (Wildman–Crippen MR) is 57.7 cm³/mol. The molecule has 0 aliphatic carbocycles. The number of nitrogens with zero attached hydrogens (tertiary/aromatic N) is 1. The molecule has 88 valence electrons. The second-order valence-electron chi connectivity index (χ2n) is 3.24. The Balaban J connectivity index is 2.01. The molecule has 0 saturated heterocycles. The van der Waals surface area contributed by atoms with Gasteiger partial charge in [-0.2, -0.15) is 5.26 Å². The number of nitriles is 1. The molecule has 0 bridgehead atoms. The lowest BCUT2D eigenvalue weighted by atomic mass is 10.4. The van der Waals surface area contributed by atoms with Crippen LogP contribution in [0.1, 0.15) is 17.9 Å². The third-order valence-electron chi connectivity index (χ3n) is 1.95. The van der Waals surface area contributed by atoms with E-state index in [4.69, 9.17) is 19.5 Å². The van der Waals surface area contributed by atoms with E-state index >= 15 is 0 Å². The minimum Gasteiger partial charge on any atom is -0.449 e. The van der Waals surface area contributed by atoms with E-state index < -0.39 is 0 Å². The van der Waals surface area contributed by atoms with E-state index in [1.165, 1.54) is 0 Å². The van der Waals surface area contributed by atoms with E-state index in [0.29, 0.717) is 25.5 Å². The largest absolute Gasteiger partial charge is 0.449 e. The zero-order valence-corrected chi connectivity index (χ0v) is 9.11. The van der Waals surface area contributed by atoms with Gasteiger partial charge in [0.05, 0.1) is 19.8 Å². The number of hydrogen-bond donors (Lipinski definition) is 2. The van der Waals surface area contributed by atoms with Gasteiger partial charge in [-0.05, 0) is 25.1 Å². The van der Waals surface area contributed by atoms with Crippen LogP contribution < -0.4 is 5.32 Å². The van der Waals surface area contributed by atoms with E-state index in [0.717, 1.165) is 18.7 Å². The Morgan fingerprint density at radius 3 is 3.00 bits per heavy atom. The van der Waals surface area contributed by atoms with E-state index in [2.05, 4.69) is 5.32 Å². The SMILES string of the molecule is N#Cc1ccc(CNCCCOCCO)o1. The second kappa shape index (κ2) is 7.88. The van der Waals surface area contributed by atoms with Crippen LogP contribution in [0.15, 0.2) is 16.5 Å². The fourth-order valence-electron chi connectivity index (χ4n) is 1.21. The van der Waals surface area contributed by atoms with Crippen molar-refractivity contribution in [3.8, 4) is 6.07 Å². The Morgan fingerprint density at radius 2 is 2.31 bits per heavy atom. The molecule has 0 radical (unpaired) electrons. The van der Waals surface area contributed by atoms with Crippen molar-refractivity contribution >= 4 is 0 Å². The predicted octanol–water partition coefficient (Wildman–Crippen LogP) is 0.640. The molecule has 2 N–H and O–H groups in total. The van der Waals surface area contributed by atoms with Gasteiger partial charge in [0.2, 0.25) is 5.76 Å². The third kappa shape index (κ3) is 4.94. The summed E-state index contributed by atoms with van der Waals surface area (Å²) >= 11 is 0. The summed E-state index contributed by atoms with van der Waals surface area (Å²) in [6.45, 7) is 2.52. The molecule has 0 aliphatic heterocycles. The topological polar surface area (TPSA) is 78.4 Å². The van der Waals surface area contributed by atoms with Crippen LogP contribution in [0, 0.1) is 11.3 Å². The van der Waals surface area contributed by atoms with Crippen LogP contribution in [0.2, 0.25) is 0 Å². The summed E-state index contributed by atoms with van der Waals surface area (Å²) in [6, 6.07) is 5.37. The maximum absolute atomic E-state index is 8.54. The van der Waals surface area contributed by atoms with Gasteiger partial charge in [-0.25, -0.2) is 0 Å². The lowest BCUT2D eigenvalue weighted by Gasteiger charge is -2.03. The first-order chi connectivity index (χ1) is 7.86. The summed E-state index contributed by atoms with van der Waals surface area (Å²) in [5.41, 5.74) is 0. The first kappa shape index (κ1) is 12.7. The Bertz CT molecular complexity index is 330. The zero-order chi connectivity index (χ0) is 11.6. The first-order valence-corrected chi connectivity index (χ1v) is 5.25. The van der Waals surface area contributed by atoms with Crippen LogP contribution in [0.3, 0.4) is 0 Å². The molecule has 1 aromatic heterocycles. The summed E-state index contributed by atoms with van der Waals surface area (Å²) in [5.74, 6) is 1.09. The van der Waals surface area contributed by atoms with Gasteiger partial charge in [-0.1, -0.05) is 0 Å². The van der Waals surface area contributed by atoms with Crippen molar-refractivity contribution < 1.29 is 14.3 Å². The molecule has 0 aliphatic rings. The smallest absolute Gasteiger partial charge is 0.203 e. The highest BCUT2D eigenvalue weighted by Crippen LogP contribution is 2.05. The van der Waals surface area contributed by atoms with Gasteiger partial charge in [0, 0.05) is 6.61 Å². The van der Waals surface area contributed by atoms with Crippen molar-refractivity contribution in [2.24, 2.45) is 0 Å². The van der Waals surface area contributed by atoms with E-state index in [1.54, 1.807) is 12.1 Å². The molecule has 0 atom stereocenters. The molecule has 0 unspecified atom stereocenters. The monoisotopic (exact) mass is 224 g/mol. The fraction of sp³-hybridized carbons (Fsp3) is 0.545. The van der Waals surface area contributed by atoms with Crippen LogP contribution in [-0.2, 0) is 11.3 Å². The molecule has 1 rings (SSSR count). The van der Waals surface area contributed by atoms with Crippen molar-refractivity contribution in [3.05, 3.63) is 23.7 Å². The maximum Gasteiger partial charge on any atom is 0.203 e. The van der Waals surface area contributed by atoms with E-state index in [9.17, 15) is 0 Å². The molecule has 0 spiro atoms. The number of furan rings is 1. The van der Waals surface area contributed by atoms with Crippen LogP contribution in [0.25, 0.3) is 0 Å². The van der Waals surface area contributed by atoms with Gasteiger partial charge in [-0.15, -0.1) is 0 Å². The molecular weight excluding hydrogens is 208 g/mol. The van der Waals surface area contributed by atoms with Gasteiger partial charge in [0.1, 0.15) is 11.8 Å². The molecule has 5 nitrogen and oxygen atoms in total. The average Bonchev–Trinajstić information content (AvgIpc) is 2.76. The number of hydrogen-bond acceptors (Lipinski definition) is 5. The Morgan fingerprint density at radius 1 is 1.44 bits per heavy atom. The fourth-order valence-corrected chi connectivity index (χ4v) is 1.21. The zero-order valence-electron chi connectivity index (χ0n) is 9.11. The van der Waals surface area contributed by atoms with Gasteiger partial charge >= 0.3 is 0 Å². The lowest BCUT2D eigenvalue weighted by molar-refractivity contribution is 0.0906. The van der Waals surface area contributed by atoms with Gasteiger partial charge in [0.15, 0.2) is 0 Å². The van der Waals surface area contributed by atoms with Crippen LogP contribution >= 0.6 is 0 Å². The molecule has 5 heteroatoms. The van der Waals surface area contributed by atoms with Crippen LogP contribution in [0.5, 0.6) is 0 Å². The molecule has 0 saturated carbocycles.